The third kappa shape index (κ3) is 4.46. The Balaban J connectivity index is 1.56. The third-order valence-corrected chi connectivity index (χ3v) is 4.50. The van der Waals surface area contributed by atoms with Crippen LogP contribution in [-0.2, 0) is 4.74 Å². The lowest BCUT2D eigenvalue weighted by atomic mass is 10.1. The molecule has 2 heterocycles. The zero-order valence-corrected chi connectivity index (χ0v) is 14.6. The van der Waals surface area contributed by atoms with Crippen molar-refractivity contribution in [1.82, 2.24) is 10.1 Å². The number of amides is 1. The Bertz CT molecular complexity index is 688. The molecule has 0 atom stereocenters. The number of benzene rings is 1. The molecule has 0 unspecified atom stereocenters. The van der Waals surface area contributed by atoms with Gasteiger partial charge in [0.2, 0.25) is 5.76 Å². The van der Waals surface area contributed by atoms with E-state index in [2.05, 4.69) is 5.16 Å². The van der Waals surface area contributed by atoms with Gasteiger partial charge in [0.15, 0.2) is 0 Å². The van der Waals surface area contributed by atoms with Crippen LogP contribution in [0.25, 0.3) is 11.3 Å². The predicted molar refractivity (Wildman–Crippen MR) is 95.2 cm³/mol. The number of likely N-dealkylation sites (tertiary alicyclic amines) is 1. The van der Waals surface area contributed by atoms with Gasteiger partial charge in [-0.2, -0.15) is 0 Å². The monoisotopic (exact) mass is 343 g/mol. The van der Waals surface area contributed by atoms with Gasteiger partial charge in [0, 0.05) is 31.3 Å². The van der Waals surface area contributed by atoms with Crippen LogP contribution in [0.5, 0.6) is 0 Å². The Morgan fingerprint density at radius 2 is 2.04 bits per heavy atom. The summed E-state index contributed by atoms with van der Waals surface area (Å²) in [4.78, 5) is 14.4. The zero-order chi connectivity index (χ0) is 17.6. The standard InChI is InChI=1S/C19H25N3O3/c1-14-3-5-15(6-4-14)17-13-18(25-21-17)19(23)22-10-7-16(8-11-22)24-12-2-9-20/h3-6,13,16H,2,7-12,20H2,1H3. The molecule has 1 saturated heterocycles. The maximum absolute atomic E-state index is 12.6. The van der Waals surface area contributed by atoms with Crippen LogP contribution in [0.1, 0.15) is 35.4 Å². The maximum atomic E-state index is 12.6. The van der Waals surface area contributed by atoms with E-state index in [1.807, 2.05) is 36.1 Å². The van der Waals surface area contributed by atoms with Crippen LogP contribution in [0, 0.1) is 6.92 Å². The van der Waals surface area contributed by atoms with Gasteiger partial charge in [0.05, 0.1) is 6.10 Å². The van der Waals surface area contributed by atoms with E-state index in [0.29, 0.717) is 31.9 Å². The van der Waals surface area contributed by atoms with Crippen LogP contribution in [0.3, 0.4) is 0 Å². The second-order valence-electron chi connectivity index (χ2n) is 6.45. The van der Waals surface area contributed by atoms with E-state index < -0.39 is 0 Å². The minimum Gasteiger partial charge on any atom is -0.378 e. The topological polar surface area (TPSA) is 81.6 Å². The number of hydrogen-bond acceptors (Lipinski definition) is 5. The van der Waals surface area contributed by atoms with Crippen molar-refractivity contribution in [2.24, 2.45) is 5.73 Å². The molecular formula is C19H25N3O3. The molecule has 0 spiro atoms. The first-order valence-electron chi connectivity index (χ1n) is 8.82. The summed E-state index contributed by atoms with van der Waals surface area (Å²) in [6.45, 7) is 4.72. The molecule has 6 heteroatoms. The largest absolute Gasteiger partial charge is 0.378 e. The molecule has 1 aromatic heterocycles. The molecule has 1 amide bonds. The number of ether oxygens (including phenoxy) is 1. The number of aryl methyl sites for hydroxylation is 1. The molecule has 3 rings (SSSR count). The highest BCUT2D eigenvalue weighted by molar-refractivity contribution is 5.92. The molecular weight excluding hydrogens is 318 g/mol. The number of hydrogen-bond donors (Lipinski definition) is 1. The Morgan fingerprint density at radius 1 is 1.32 bits per heavy atom. The fourth-order valence-electron chi connectivity index (χ4n) is 2.95. The second-order valence-corrected chi connectivity index (χ2v) is 6.45. The van der Waals surface area contributed by atoms with E-state index in [9.17, 15) is 4.79 Å². The van der Waals surface area contributed by atoms with Gasteiger partial charge in [-0.1, -0.05) is 35.0 Å². The molecule has 25 heavy (non-hydrogen) atoms. The average molecular weight is 343 g/mol. The van der Waals surface area contributed by atoms with Gasteiger partial charge >= 0.3 is 0 Å². The summed E-state index contributed by atoms with van der Waals surface area (Å²) in [5.41, 5.74) is 8.28. The Kier molecular flexibility index (Phi) is 5.83. The summed E-state index contributed by atoms with van der Waals surface area (Å²) < 4.78 is 11.1. The van der Waals surface area contributed by atoms with Crippen molar-refractivity contribution in [2.75, 3.05) is 26.2 Å². The quantitative estimate of drug-likeness (QED) is 0.815. The van der Waals surface area contributed by atoms with E-state index in [-0.39, 0.29) is 17.8 Å². The number of carbonyl (C=O) groups excluding carboxylic acids is 1. The first-order chi connectivity index (χ1) is 12.2. The highest BCUT2D eigenvalue weighted by Crippen LogP contribution is 2.22. The molecule has 6 nitrogen and oxygen atoms in total. The minimum atomic E-state index is -0.105. The Morgan fingerprint density at radius 3 is 2.72 bits per heavy atom. The van der Waals surface area contributed by atoms with Crippen LogP contribution in [-0.4, -0.2) is 48.3 Å². The third-order valence-electron chi connectivity index (χ3n) is 4.50. The first-order valence-corrected chi connectivity index (χ1v) is 8.82. The average Bonchev–Trinajstić information content (AvgIpc) is 3.13. The number of nitrogens with two attached hydrogens (primary N) is 1. The minimum absolute atomic E-state index is 0.105. The lowest BCUT2D eigenvalue weighted by Gasteiger charge is -2.31. The molecule has 2 N–H and O–H groups in total. The maximum Gasteiger partial charge on any atom is 0.292 e. The van der Waals surface area contributed by atoms with Gasteiger partial charge in [0.1, 0.15) is 5.69 Å². The zero-order valence-electron chi connectivity index (χ0n) is 14.6. The summed E-state index contributed by atoms with van der Waals surface area (Å²) in [5, 5.41) is 4.04. The van der Waals surface area contributed by atoms with Crippen LogP contribution in [0.2, 0.25) is 0 Å². The van der Waals surface area contributed by atoms with E-state index in [4.69, 9.17) is 15.0 Å². The number of carbonyl (C=O) groups is 1. The van der Waals surface area contributed by atoms with Gasteiger partial charge in [0.25, 0.3) is 5.91 Å². The van der Waals surface area contributed by atoms with Crippen molar-refractivity contribution in [3.05, 3.63) is 41.7 Å². The van der Waals surface area contributed by atoms with Gasteiger partial charge in [-0.05, 0) is 32.7 Å². The van der Waals surface area contributed by atoms with Crippen molar-refractivity contribution in [3.8, 4) is 11.3 Å². The lowest BCUT2D eigenvalue weighted by Crippen LogP contribution is -2.40. The van der Waals surface area contributed by atoms with Crippen LogP contribution in [0.4, 0.5) is 0 Å². The summed E-state index contributed by atoms with van der Waals surface area (Å²) in [6.07, 6.45) is 2.78. The summed E-state index contributed by atoms with van der Waals surface area (Å²) >= 11 is 0. The molecule has 0 radical (unpaired) electrons. The molecule has 2 aromatic rings. The van der Waals surface area contributed by atoms with Crippen molar-refractivity contribution < 1.29 is 14.1 Å². The normalized spacial score (nSPS) is 15.5. The van der Waals surface area contributed by atoms with E-state index in [1.54, 1.807) is 6.07 Å². The number of rotatable bonds is 6. The van der Waals surface area contributed by atoms with Gasteiger partial charge in [-0.25, -0.2) is 0 Å². The van der Waals surface area contributed by atoms with E-state index >= 15 is 0 Å². The highest BCUT2D eigenvalue weighted by atomic mass is 16.5. The molecule has 0 bridgehead atoms. The first kappa shape index (κ1) is 17.6. The second kappa shape index (κ2) is 8.27. The molecule has 1 aromatic carbocycles. The lowest BCUT2D eigenvalue weighted by molar-refractivity contribution is 0.00744. The van der Waals surface area contributed by atoms with Gasteiger partial charge in [-0.3, -0.25) is 4.79 Å². The summed E-state index contributed by atoms with van der Waals surface area (Å²) in [5.74, 6) is 0.185. The predicted octanol–water partition coefficient (Wildman–Crippen LogP) is 2.62. The SMILES string of the molecule is Cc1ccc(-c2cc(C(=O)N3CCC(OCCCN)CC3)on2)cc1. The molecule has 1 aliphatic heterocycles. The van der Waals surface area contributed by atoms with Gasteiger partial charge in [-0.15, -0.1) is 0 Å². The number of aromatic nitrogens is 1. The van der Waals surface area contributed by atoms with Crippen LogP contribution >= 0.6 is 0 Å². The molecule has 1 fully saturated rings. The van der Waals surface area contributed by atoms with E-state index in [0.717, 1.165) is 24.8 Å². The van der Waals surface area contributed by atoms with E-state index in [1.165, 1.54) is 5.56 Å². The van der Waals surface area contributed by atoms with Crippen LogP contribution in [0.15, 0.2) is 34.9 Å². The molecule has 0 saturated carbocycles. The summed E-state index contributed by atoms with van der Waals surface area (Å²) in [7, 11) is 0. The molecule has 134 valence electrons. The summed E-state index contributed by atoms with van der Waals surface area (Å²) in [6, 6.07) is 9.70. The van der Waals surface area contributed by atoms with Crippen molar-refractivity contribution in [2.45, 2.75) is 32.3 Å². The molecule has 0 aliphatic carbocycles. The van der Waals surface area contributed by atoms with Crippen molar-refractivity contribution in [3.63, 3.8) is 0 Å². The highest BCUT2D eigenvalue weighted by Gasteiger charge is 2.26. The smallest absolute Gasteiger partial charge is 0.292 e. The number of piperidine rings is 1. The van der Waals surface area contributed by atoms with Gasteiger partial charge < -0.3 is 19.9 Å². The fraction of sp³-hybridized carbons (Fsp3) is 0.474. The number of nitrogens with zero attached hydrogens (tertiary/aromatic N) is 2. The van der Waals surface area contributed by atoms with Crippen molar-refractivity contribution in [1.29, 1.82) is 0 Å². The Labute approximate surface area is 147 Å². The Hall–Kier alpha value is -2.18. The van der Waals surface area contributed by atoms with Crippen LogP contribution < -0.4 is 5.73 Å². The molecule has 1 aliphatic rings. The van der Waals surface area contributed by atoms with Crippen molar-refractivity contribution >= 4 is 5.91 Å². The fourth-order valence-corrected chi connectivity index (χ4v) is 2.95.